The van der Waals surface area contributed by atoms with Gasteiger partial charge in [0.25, 0.3) is 0 Å². The van der Waals surface area contributed by atoms with E-state index < -0.39 is 0 Å². The molecule has 2 N–H and O–H groups in total. The summed E-state index contributed by atoms with van der Waals surface area (Å²) in [7, 11) is 1.82. The lowest BCUT2D eigenvalue weighted by atomic mass is 9.89. The van der Waals surface area contributed by atoms with Crippen LogP contribution in [0.15, 0.2) is 10.4 Å². The topological polar surface area (TPSA) is 49.3 Å². The van der Waals surface area contributed by atoms with Gasteiger partial charge in [-0.25, -0.2) is 4.98 Å². The Morgan fingerprint density at radius 1 is 1.39 bits per heavy atom. The maximum Gasteiger partial charge on any atom is 0.191 e. The fourth-order valence-electron chi connectivity index (χ4n) is 2.08. The molecule has 0 aliphatic heterocycles. The van der Waals surface area contributed by atoms with E-state index in [2.05, 4.69) is 60.6 Å². The molecule has 0 bridgehead atoms. The van der Waals surface area contributed by atoms with Crippen molar-refractivity contribution in [3.05, 3.63) is 16.1 Å². The van der Waals surface area contributed by atoms with Crippen molar-refractivity contribution in [2.24, 2.45) is 10.4 Å². The number of aromatic nitrogens is 1. The zero-order chi connectivity index (χ0) is 16.6. The summed E-state index contributed by atoms with van der Waals surface area (Å²) in [5.41, 5.74) is 1.56. The van der Waals surface area contributed by atoms with Gasteiger partial charge in [0.15, 0.2) is 5.96 Å². The van der Waals surface area contributed by atoms with E-state index in [4.69, 9.17) is 0 Å². The lowest BCUT2D eigenvalue weighted by Crippen LogP contribution is -2.43. The van der Waals surface area contributed by atoms with Gasteiger partial charge in [-0.05, 0) is 31.6 Å². The second-order valence-electron chi connectivity index (χ2n) is 6.98. The number of hydrogen-bond acceptors (Lipinski definition) is 3. The Morgan fingerprint density at radius 3 is 2.61 bits per heavy atom. The van der Waals surface area contributed by atoms with E-state index in [-0.39, 0.29) is 24.0 Å². The third kappa shape index (κ3) is 10.2. The largest absolute Gasteiger partial charge is 0.356 e. The molecule has 0 saturated carbocycles. The van der Waals surface area contributed by atoms with Crippen LogP contribution in [-0.2, 0) is 12.8 Å². The molecule has 0 spiro atoms. The van der Waals surface area contributed by atoms with Crippen LogP contribution in [0.25, 0.3) is 0 Å². The van der Waals surface area contributed by atoms with E-state index in [1.54, 1.807) is 11.3 Å². The molecule has 4 nitrogen and oxygen atoms in total. The fourth-order valence-corrected chi connectivity index (χ4v) is 2.86. The summed E-state index contributed by atoms with van der Waals surface area (Å²) in [6, 6.07) is 0.427. The predicted octanol–water partition coefficient (Wildman–Crippen LogP) is 4.25. The SMILES string of the molecule is CCc1nc(CCNC(=NC)NC(C)CCC(C)(C)C)cs1.I. The van der Waals surface area contributed by atoms with Crippen molar-refractivity contribution >= 4 is 41.3 Å². The Kier molecular flexibility index (Phi) is 11.1. The molecular formula is C17H33IN4S. The van der Waals surface area contributed by atoms with Crippen LogP contribution < -0.4 is 10.6 Å². The highest BCUT2D eigenvalue weighted by atomic mass is 127. The first-order valence-corrected chi connectivity index (χ1v) is 9.12. The van der Waals surface area contributed by atoms with Gasteiger partial charge in [0.2, 0.25) is 0 Å². The van der Waals surface area contributed by atoms with Gasteiger partial charge in [-0.15, -0.1) is 35.3 Å². The molecule has 1 rings (SSSR count). The zero-order valence-corrected chi connectivity index (χ0v) is 18.5. The van der Waals surface area contributed by atoms with Crippen LogP contribution in [0, 0.1) is 5.41 Å². The lowest BCUT2D eigenvalue weighted by Gasteiger charge is -2.23. The van der Waals surface area contributed by atoms with Crippen molar-refractivity contribution in [2.45, 2.75) is 66.3 Å². The summed E-state index contributed by atoms with van der Waals surface area (Å²) in [6.45, 7) is 12.1. The normalized spacial score (nSPS) is 13.4. The Hall–Kier alpha value is -0.370. The molecule has 134 valence electrons. The van der Waals surface area contributed by atoms with Gasteiger partial charge in [0.05, 0.1) is 10.7 Å². The number of rotatable bonds is 7. The molecule has 1 unspecified atom stereocenters. The van der Waals surface area contributed by atoms with Crippen molar-refractivity contribution in [3.63, 3.8) is 0 Å². The number of nitrogens with zero attached hydrogens (tertiary/aromatic N) is 2. The average Bonchev–Trinajstić information content (AvgIpc) is 2.91. The number of aryl methyl sites for hydroxylation is 1. The molecular weight excluding hydrogens is 419 g/mol. The summed E-state index contributed by atoms with van der Waals surface area (Å²) in [5.74, 6) is 0.882. The van der Waals surface area contributed by atoms with Gasteiger partial charge >= 0.3 is 0 Å². The number of aliphatic imine (C=N–C) groups is 1. The Labute approximate surface area is 163 Å². The molecule has 6 heteroatoms. The van der Waals surface area contributed by atoms with Gasteiger partial charge in [0.1, 0.15) is 0 Å². The summed E-state index contributed by atoms with van der Waals surface area (Å²) >= 11 is 1.75. The minimum absolute atomic E-state index is 0. The second kappa shape index (κ2) is 11.2. The molecule has 1 heterocycles. The van der Waals surface area contributed by atoms with E-state index in [0.29, 0.717) is 11.5 Å². The summed E-state index contributed by atoms with van der Waals surface area (Å²) in [5, 5.41) is 10.2. The number of guanidine groups is 1. The van der Waals surface area contributed by atoms with E-state index in [0.717, 1.165) is 31.8 Å². The maximum atomic E-state index is 4.59. The van der Waals surface area contributed by atoms with Crippen molar-refractivity contribution in [2.75, 3.05) is 13.6 Å². The van der Waals surface area contributed by atoms with Gasteiger partial charge in [-0.1, -0.05) is 27.7 Å². The second-order valence-corrected chi connectivity index (χ2v) is 7.92. The number of nitrogens with one attached hydrogen (secondary N) is 2. The first-order valence-electron chi connectivity index (χ1n) is 8.24. The van der Waals surface area contributed by atoms with Crippen molar-refractivity contribution in [1.29, 1.82) is 0 Å². The molecule has 0 fully saturated rings. The van der Waals surface area contributed by atoms with Gasteiger partial charge in [0, 0.05) is 31.4 Å². The summed E-state index contributed by atoms with van der Waals surface area (Å²) < 4.78 is 0. The highest BCUT2D eigenvalue weighted by Crippen LogP contribution is 2.21. The molecule has 1 aromatic rings. The molecule has 0 aromatic carbocycles. The van der Waals surface area contributed by atoms with E-state index >= 15 is 0 Å². The van der Waals surface area contributed by atoms with Crippen LogP contribution in [0.3, 0.4) is 0 Å². The molecule has 1 atom stereocenters. The highest BCUT2D eigenvalue weighted by Gasteiger charge is 2.13. The Morgan fingerprint density at radius 2 is 2.09 bits per heavy atom. The minimum Gasteiger partial charge on any atom is -0.356 e. The predicted molar refractivity (Wildman–Crippen MR) is 113 cm³/mol. The van der Waals surface area contributed by atoms with Gasteiger partial charge < -0.3 is 10.6 Å². The van der Waals surface area contributed by atoms with Gasteiger partial charge in [-0.2, -0.15) is 0 Å². The number of hydrogen-bond donors (Lipinski definition) is 2. The lowest BCUT2D eigenvalue weighted by molar-refractivity contribution is 0.346. The van der Waals surface area contributed by atoms with Crippen molar-refractivity contribution < 1.29 is 0 Å². The summed E-state index contributed by atoms with van der Waals surface area (Å²) in [4.78, 5) is 8.89. The quantitative estimate of drug-likeness (QED) is 0.370. The van der Waals surface area contributed by atoms with E-state index in [9.17, 15) is 0 Å². The Bertz CT molecular complexity index is 465. The summed E-state index contributed by atoms with van der Waals surface area (Å²) in [6.07, 6.45) is 4.31. The number of thiazole rings is 1. The van der Waals surface area contributed by atoms with Crippen LogP contribution >= 0.6 is 35.3 Å². The van der Waals surface area contributed by atoms with Crippen molar-refractivity contribution in [1.82, 2.24) is 15.6 Å². The molecule has 0 aliphatic rings. The highest BCUT2D eigenvalue weighted by molar-refractivity contribution is 14.0. The van der Waals surface area contributed by atoms with Crippen LogP contribution in [0.1, 0.15) is 58.2 Å². The molecule has 0 radical (unpaired) electrons. The van der Waals surface area contributed by atoms with E-state index in [1.807, 2.05) is 7.05 Å². The molecule has 0 aliphatic carbocycles. The average molecular weight is 452 g/mol. The third-order valence-electron chi connectivity index (χ3n) is 3.51. The van der Waals surface area contributed by atoms with Crippen LogP contribution in [0.5, 0.6) is 0 Å². The standard InChI is InChI=1S/C17H32N4S.HI/c1-7-15-21-14(12-22-15)9-11-19-16(18-6)20-13(2)8-10-17(3,4)5;/h12-13H,7-11H2,1-6H3,(H2,18,19,20);1H. The molecule has 1 aromatic heterocycles. The molecule has 23 heavy (non-hydrogen) atoms. The smallest absolute Gasteiger partial charge is 0.191 e. The van der Waals surface area contributed by atoms with Gasteiger partial charge in [-0.3, -0.25) is 4.99 Å². The first-order chi connectivity index (χ1) is 10.3. The van der Waals surface area contributed by atoms with Crippen LogP contribution in [0.4, 0.5) is 0 Å². The van der Waals surface area contributed by atoms with Crippen LogP contribution in [0.2, 0.25) is 0 Å². The minimum atomic E-state index is 0. The maximum absolute atomic E-state index is 4.59. The molecule has 0 saturated heterocycles. The molecule has 0 amide bonds. The number of halogens is 1. The third-order valence-corrected chi connectivity index (χ3v) is 4.55. The fraction of sp³-hybridized carbons (Fsp3) is 0.765. The Balaban J connectivity index is 0.00000484. The first kappa shape index (κ1) is 22.6. The monoisotopic (exact) mass is 452 g/mol. The van der Waals surface area contributed by atoms with E-state index in [1.165, 1.54) is 17.1 Å². The van der Waals surface area contributed by atoms with Crippen molar-refractivity contribution in [3.8, 4) is 0 Å². The zero-order valence-electron chi connectivity index (χ0n) is 15.4. The van der Waals surface area contributed by atoms with Crippen LogP contribution in [-0.4, -0.2) is 30.6 Å².